The molecule has 10 rings (SSSR count). The molecule has 1 amide bonds. The van der Waals surface area contributed by atoms with E-state index in [1.807, 2.05) is 66.9 Å². The summed E-state index contributed by atoms with van der Waals surface area (Å²) >= 11 is 3.00. The van der Waals surface area contributed by atoms with E-state index in [1.165, 1.54) is 28.2 Å². The second-order valence-electron chi connectivity index (χ2n) is 23.9. The molecule has 81 heavy (non-hydrogen) atoms. The van der Waals surface area contributed by atoms with Gasteiger partial charge in [0.25, 0.3) is 0 Å². The van der Waals surface area contributed by atoms with Crippen LogP contribution in [0.15, 0.2) is 98.1 Å². The average Bonchev–Trinajstić information content (AvgIpc) is 4.33. The molecule has 0 radical (unpaired) electrons. The minimum Gasteiger partial charge on any atom is -0.444 e. The number of likely N-dealkylation sites (tertiary alicyclic amines) is 1. The van der Waals surface area contributed by atoms with E-state index in [0.29, 0.717) is 56.7 Å². The third-order valence-electron chi connectivity index (χ3n) is 14.0. The van der Waals surface area contributed by atoms with Gasteiger partial charge in [0.05, 0.1) is 67.0 Å². The zero-order chi connectivity index (χ0) is 57.6. The fourth-order valence-electron chi connectivity index (χ4n) is 9.45. The lowest BCUT2D eigenvalue weighted by Gasteiger charge is -2.24. The number of benzene rings is 2. The Labute approximate surface area is 482 Å². The van der Waals surface area contributed by atoms with Gasteiger partial charge < -0.3 is 25.6 Å². The highest BCUT2D eigenvalue weighted by Crippen LogP contribution is 2.32. The van der Waals surface area contributed by atoms with Crippen LogP contribution in [0.2, 0.25) is 0 Å². The number of nitrogens with one attached hydrogen (secondary N) is 3. The first kappa shape index (κ1) is 58.1. The molecule has 2 saturated heterocycles. The number of ketones is 2. The Bertz CT molecular complexity index is 3500. The number of hydrogen-bond acceptors (Lipinski definition) is 17. The van der Waals surface area contributed by atoms with E-state index < -0.39 is 5.60 Å². The van der Waals surface area contributed by atoms with Gasteiger partial charge in [-0.1, -0.05) is 65.8 Å². The predicted molar refractivity (Wildman–Crippen MR) is 320 cm³/mol. The van der Waals surface area contributed by atoms with E-state index in [-0.39, 0.29) is 34.5 Å². The maximum atomic E-state index is 12.8. The summed E-state index contributed by atoms with van der Waals surface area (Å²) in [7, 11) is 0. The second kappa shape index (κ2) is 24.7. The number of hydrogen-bond donors (Lipinski definition) is 3. The molecule has 2 aromatic carbocycles. The van der Waals surface area contributed by atoms with Gasteiger partial charge in [0.15, 0.2) is 11.6 Å². The third kappa shape index (κ3) is 15.3. The van der Waals surface area contributed by atoms with Crippen LogP contribution in [0.5, 0.6) is 0 Å². The van der Waals surface area contributed by atoms with Gasteiger partial charge in [-0.25, -0.2) is 34.7 Å². The molecule has 424 valence electrons. The molecule has 2 atom stereocenters. The molecule has 0 saturated carbocycles. The molecule has 8 heterocycles. The van der Waals surface area contributed by atoms with E-state index in [2.05, 4.69) is 132 Å². The van der Waals surface area contributed by atoms with Crippen LogP contribution < -0.4 is 16.0 Å². The molecule has 2 aliphatic heterocycles. The van der Waals surface area contributed by atoms with Crippen LogP contribution in [0.25, 0.3) is 22.5 Å². The summed E-state index contributed by atoms with van der Waals surface area (Å²) in [6, 6.07) is 16.8. The van der Waals surface area contributed by atoms with E-state index in [0.717, 1.165) is 96.3 Å². The van der Waals surface area contributed by atoms with Gasteiger partial charge in [-0.3, -0.25) is 19.0 Å². The first-order valence-electron chi connectivity index (χ1n) is 27.7. The maximum Gasteiger partial charge on any atom is 0.410 e. The first-order valence-corrected chi connectivity index (χ1v) is 29.3. The van der Waals surface area contributed by atoms with Crippen LogP contribution in [-0.2, 0) is 28.4 Å². The molecule has 20 heteroatoms. The molecular formula is C61H74N14O4S2. The van der Waals surface area contributed by atoms with Crippen molar-refractivity contribution in [2.24, 2.45) is 0 Å². The Morgan fingerprint density at radius 2 is 1.14 bits per heavy atom. The lowest BCUT2D eigenvalue weighted by Crippen LogP contribution is -2.35. The number of aromatic nitrogens is 10. The number of rotatable bonds is 16. The van der Waals surface area contributed by atoms with Crippen LogP contribution in [-0.4, -0.2) is 104 Å². The molecule has 3 N–H and O–H groups in total. The monoisotopic (exact) mass is 1130 g/mol. The van der Waals surface area contributed by atoms with Gasteiger partial charge in [-0.05, 0) is 113 Å². The van der Waals surface area contributed by atoms with Crippen molar-refractivity contribution in [3.05, 3.63) is 140 Å². The number of Topliss-reactive ketones (excluding diaryl/α,β-unsaturated/α-hetero) is 2. The first-order chi connectivity index (χ1) is 38.5. The summed E-state index contributed by atoms with van der Waals surface area (Å²) in [5.41, 5.74) is 9.21. The largest absolute Gasteiger partial charge is 0.444 e. The summed E-state index contributed by atoms with van der Waals surface area (Å²) in [5, 5.41) is 20.9. The van der Waals surface area contributed by atoms with Crippen molar-refractivity contribution in [2.45, 2.75) is 143 Å². The lowest BCUT2D eigenvalue weighted by atomic mass is 9.98. The molecule has 8 aromatic rings. The molecular weight excluding hydrogens is 1060 g/mol. The number of anilines is 4. The van der Waals surface area contributed by atoms with Gasteiger partial charge in [-0.2, -0.15) is 10.2 Å². The molecule has 0 bridgehead atoms. The Morgan fingerprint density at radius 3 is 1.57 bits per heavy atom. The summed E-state index contributed by atoms with van der Waals surface area (Å²) in [6.45, 7) is 25.6. The standard InChI is InChI=1S/C33H41N7O3S.C28H33N7OS/c1-21-16-23(9-8-22(21)10-11-27(41)28-18-35-29(44-28)32(2,3)4)26-12-14-34-30(38-26)37-24-17-36-40(19-24)25-13-15-39(20-25)31(42)43-33(5,6)7;1-18-13-20(6-5-19(18)7-8-24(36)25-16-31-26(37-25)28(2,3)4)23-10-12-30-27(34-23)33-21-14-32-35(17-21)22-9-11-29-15-22/h8-9,12,14,16-19,25H,10-11,13,15,20H2,1-7H3,(H,34,37,38);5-6,10,12-14,16-17,22,29H,7-9,11,15H2,1-4H3,(H,30,33,34)/t25-;22-/m11/s1. The van der Waals surface area contributed by atoms with Crippen molar-refractivity contribution >= 4 is 63.6 Å². The fourth-order valence-corrected chi connectivity index (χ4v) is 11.3. The summed E-state index contributed by atoms with van der Waals surface area (Å²) in [5.74, 6) is 1.28. The van der Waals surface area contributed by atoms with Gasteiger partial charge in [-0.15, -0.1) is 22.7 Å². The quantitative estimate of drug-likeness (QED) is 0.0768. The topological polar surface area (TPSA) is 213 Å². The highest BCUT2D eigenvalue weighted by molar-refractivity contribution is 7.14. The van der Waals surface area contributed by atoms with E-state index in [4.69, 9.17) is 14.7 Å². The lowest BCUT2D eigenvalue weighted by molar-refractivity contribution is 0.0288. The Hall–Kier alpha value is -7.55. The van der Waals surface area contributed by atoms with Crippen molar-refractivity contribution in [3.63, 3.8) is 0 Å². The van der Waals surface area contributed by atoms with Gasteiger partial charge in [0.1, 0.15) is 5.60 Å². The van der Waals surface area contributed by atoms with Crippen LogP contribution in [0.1, 0.15) is 152 Å². The minimum atomic E-state index is -0.521. The van der Waals surface area contributed by atoms with E-state index >= 15 is 0 Å². The summed E-state index contributed by atoms with van der Waals surface area (Å²) in [4.78, 5) is 68.4. The number of aryl methyl sites for hydroxylation is 4. The van der Waals surface area contributed by atoms with Gasteiger partial charge in [0, 0.05) is 91.6 Å². The summed E-state index contributed by atoms with van der Waals surface area (Å²) in [6.07, 6.45) is 18.3. The highest BCUT2D eigenvalue weighted by atomic mass is 32.1. The number of carbonyl (C=O) groups excluding carboxylic acids is 3. The molecule has 0 aliphatic carbocycles. The minimum absolute atomic E-state index is 0.0405. The normalized spacial score (nSPS) is 15.6. The maximum absolute atomic E-state index is 12.8. The second-order valence-corrected chi connectivity index (χ2v) is 26.0. The van der Waals surface area contributed by atoms with Gasteiger partial charge >= 0.3 is 6.09 Å². The van der Waals surface area contributed by atoms with Crippen LogP contribution in [0.4, 0.5) is 28.1 Å². The molecule has 2 aliphatic rings. The SMILES string of the molecule is Cc1cc(-c2ccnc(Nc3cnn([C@@H]4CCN(C(=O)OC(C)(C)C)C4)c3)n2)ccc1CCC(=O)c1cnc(C(C)(C)C)s1.Cc1cc(-c2ccnc(Nc3cnn([C@@H]4CCNC4)c3)n2)ccc1CCC(=O)c1cnc(C(C)(C)C)s1. The Morgan fingerprint density at radius 1 is 0.642 bits per heavy atom. The van der Waals surface area contributed by atoms with Crippen molar-refractivity contribution in [3.8, 4) is 22.5 Å². The molecule has 6 aromatic heterocycles. The van der Waals surface area contributed by atoms with Crippen molar-refractivity contribution in [2.75, 3.05) is 36.8 Å². The number of ether oxygens (including phenoxy) is 1. The van der Waals surface area contributed by atoms with Crippen molar-refractivity contribution in [1.29, 1.82) is 0 Å². The zero-order valence-corrected chi connectivity index (χ0v) is 50.0. The smallest absolute Gasteiger partial charge is 0.410 e. The average molecular weight is 1130 g/mol. The Kier molecular flexibility index (Phi) is 17.7. The molecule has 2 fully saturated rings. The summed E-state index contributed by atoms with van der Waals surface area (Å²) < 4.78 is 9.39. The number of nitrogens with zero attached hydrogens (tertiary/aromatic N) is 11. The van der Waals surface area contributed by atoms with Crippen LogP contribution in [0.3, 0.4) is 0 Å². The third-order valence-corrected chi connectivity index (χ3v) is 16.9. The van der Waals surface area contributed by atoms with Gasteiger partial charge in [0.2, 0.25) is 11.9 Å². The predicted octanol–water partition coefficient (Wildman–Crippen LogP) is 12.6. The van der Waals surface area contributed by atoms with E-state index in [1.54, 1.807) is 35.9 Å². The van der Waals surface area contributed by atoms with E-state index in [9.17, 15) is 14.4 Å². The number of thiazole rings is 2. The zero-order valence-electron chi connectivity index (χ0n) is 48.3. The molecule has 0 spiro atoms. The highest BCUT2D eigenvalue weighted by Gasteiger charge is 2.31. The molecule has 18 nitrogen and oxygen atoms in total. The van der Waals surface area contributed by atoms with Crippen molar-refractivity contribution < 1.29 is 19.1 Å². The van der Waals surface area contributed by atoms with Crippen LogP contribution in [0, 0.1) is 13.8 Å². The van der Waals surface area contributed by atoms with Crippen molar-refractivity contribution in [1.82, 2.24) is 59.7 Å². The number of carbonyl (C=O) groups is 3. The van der Waals surface area contributed by atoms with Crippen LogP contribution >= 0.6 is 22.7 Å². The number of amides is 1. The molecule has 0 unspecified atom stereocenters. The fraction of sp³-hybridized carbons (Fsp3) is 0.426. The Balaban J connectivity index is 0.000000198.